The zero-order chi connectivity index (χ0) is 19.1. The second-order valence-electron chi connectivity index (χ2n) is 6.68. The Labute approximate surface area is 149 Å². The number of aliphatic hydroxyl groups is 3. The molecule has 0 amide bonds. The largest absolute Gasteiger partial charge is 0.482 e. The van der Waals surface area contributed by atoms with Crippen LogP contribution in [0.15, 0.2) is 35.1 Å². The molecule has 0 saturated carbocycles. The molecule has 136 valence electrons. The van der Waals surface area contributed by atoms with E-state index in [2.05, 4.69) is 5.10 Å². The zero-order valence-electron chi connectivity index (χ0n) is 14.4. The average molecular weight is 357 g/mol. The number of benzene rings is 1. The Morgan fingerprint density at radius 3 is 2.69 bits per heavy atom. The van der Waals surface area contributed by atoms with Gasteiger partial charge in [-0.2, -0.15) is 10.4 Å². The van der Waals surface area contributed by atoms with Crippen LogP contribution in [0.5, 0.6) is 5.75 Å². The highest BCUT2D eigenvalue weighted by atomic mass is 16.6. The standard InChI is InChI=1S/C18H19N3O5/c1-17(2)18(24,25)16(12-9-11(10-19)3-5-14(12)26-17)13-4-6-15(23)21(20-13)7-8-22/h3-6,9,16,22,24-25H,7-8H2,1-2H3. The molecule has 2 heterocycles. The molecule has 8 heteroatoms. The van der Waals surface area contributed by atoms with Crippen LogP contribution in [-0.2, 0) is 6.54 Å². The fraction of sp³-hybridized carbons (Fsp3) is 0.389. The van der Waals surface area contributed by atoms with Crippen LogP contribution in [0.1, 0.15) is 36.6 Å². The number of nitriles is 1. The SMILES string of the molecule is CC1(C)Oc2ccc(C#N)cc2C(c2ccc(=O)n(CCO)n2)C1(O)O. The van der Waals surface area contributed by atoms with Gasteiger partial charge in [0.1, 0.15) is 5.75 Å². The summed E-state index contributed by atoms with van der Waals surface area (Å²) in [6.45, 7) is 2.76. The molecule has 0 fully saturated rings. The van der Waals surface area contributed by atoms with E-state index < -0.39 is 22.9 Å². The topological polar surface area (TPSA) is 129 Å². The molecule has 1 aromatic heterocycles. The Bertz CT molecular complexity index is 943. The van der Waals surface area contributed by atoms with Crippen LogP contribution in [0, 0.1) is 11.3 Å². The van der Waals surface area contributed by atoms with E-state index in [1.54, 1.807) is 12.1 Å². The van der Waals surface area contributed by atoms with Crippen molar-refractivity contribution in [2.45, 2.75) is 37.7 Å². The van der Waals surface area contributed by atoms with Crippen LogP contribution < -0.4 is 10.3 Å². The second kappa shape index (κ2) is 6.21. The monoisotopic (exact) mass is 357 g/mol. The van der Waals surface area contributed by atoms with Gasteiger partial charge in [-0.3, -0.25) is 4.79 Å². The summed E-state index contributed by atoms with van der Waals surface area (Å²) >= 11 is 0. The van der Waals surface area contributed by atoms with Crippen molar-refractivity contribution in [1.82, 2.24) is 9.78 Å². The lowest BCUT2D eigenvalue weighted by Crippen LogP contribution is -2.60. The van der Waals surface area contributed by atoms with E-state index >= 15 is 0 Å². The molecule has 8 nitrogen and oxygen atoms in total. The zero-order valence-corrected chi connectivity index (χ0v) is 14.4. The van der Waals surface area contributed by atoms with E-state index in [0.29, 0.717) is 16.9 Å². The first-order chi connectivity index (χ1) is 12.2. The lowest BCUT2D eigenvalue weighted by Gasteiger charge is -2.47. The predicted octanol–water partition coefficient (Wildman–Crippen LogP) is 0.0911. The number of ether oxygens (including phenoxy) is 1. The molecule has 0 spiro atoms. The van der Waals surface area contributed by atoms with E-state index in [1.165, 1.54) is 32.0 Å². The van der Waals surface area contributed by atoms with Gasteiger partial charge in [-0.15, -0.1) is 0 Å². The van der Waals surface area contributed by atoms with Crippen LogP contribution in [0.3, 0.4) is 0 Å². The quantitative estimate of drug-likeness (QED) is 0.664. The van der Waals surface area contributed by atoms with Crippen molar-refractivity contribution in [3.8, 4) is 11.8 Å². The molecule has 2 aromatic rings. The van der Waals surface area contributed by atoms with Gasteiger partial charge in [0, 0.05) is 11.6 Å². The average Bonchev–Trinajstić information content (AvgIpc) is 2.58. The first-order valence-electron chi connectivity index (χ1n) is 8.08. The van der Waals surface area contributed by atoms with E-state index in [0.717, 1.165) is 4.68 Å². The van der Waals surface area contributed by atoms with Gasteiger partial charge >= 0.3 is 0 Å². The molecule has 3 N–H and O–H groups in total. The van der Waals surface area contributed by atoms with Crippen LogP contribution in [0.25, 0.3) is 0 Å². The van der Waals surface area contributed by atoms with Gasteiger partial charge in [-0.1, -0.05) is 0 Å². The van der Waals surface area contributed by atoms with Crippen molar-refractivity contribution in [1.29, 1.82) is 5.26 Å². The molecule has 1 unspecified atom stereocenters. The highest BCUT2D eigenvalue weighted by Gasteiger charge is 2.56. The molecule has 26 heavy (non-hydrogen) atoms. The highest BCUT2D eigenvalue weighted by molar-refractivity contribution is 5.50. The van der Waals surface area contributed by atoms with Crippen LogP contribution in [0.4, 0.5) is 0 Å². The molecular formula is C18H19N3O5. The van der Waals surface area contributed by atoms with Gasteiger partial charge in [-0.25, -0.2) is 4.68 Å². The van der Waals surface area contributed by atoms with E-state index in [9.17, 15) is 20.3 Å². The van der Waals surface area contributed by atoms with Gasteiger partial charge in [-0.05, 0) is 38.1 Å². The smallest absolute Gasteiger partial charge is 0.266 e. The molecule has 1 aliphatic rings. The lowest BCUT2D eigenvalue weighted by molar-refractivity contribution is -0.269. The molecule has 0 aliphatic carbocycles. The van der Waals surface area contributed by atoms with Crippen LogP contribution >= 0.6 is 0 Å². The maximum Gasteiger partial charge on any atom is 0.266 e. The third-order valence-electron chi connectivity index (χ3n) is 4.60. The first kappa shape index (κ1) is 18.1. The summed E-state index contributed by atoms with van der Waals surface area (Å²) in [6, 6.07) is 9.36. The number of hydrogen-bond acceptors (Lipinski definition) is 7. The summed E-state index contributed by atoms with van der Waals surface area (Å²) < 4.78 is 6.80. The Hall–Kier alpha value is -2.73. The number of nitrogens with zero attached hydrogens (tertiary/aromatic N) is 3. The maximum absolute atomic E-state index is 11.9. The van der Waals surface area contributed by atoms with Crippen molar-refractivity contribution in [3.63, 3.8) is 0 Å². The van der Waals surface area contributed by atoms with Crippen molar-refractivity contribution < 1.29 is 20.1 Å². The summed E-state index contributed by atoms with van der Waals surface area (Å²) in [4.78, 5) is 11.9. The summed E-state index contributed by atoms with van der Waals surface area (Å²) in [7, 11) is 0. The van der Waals surface area contributed by atoms with Crippen molar-refractivity contribution in [3.05, 3.63) is 57.5 Å². The number of fused-ring (bicyclic) bond motifs is 1. The predicted molar refractivity (Wildman–Crippen MR) is 90.5 cm³/mol. The number of hydrogen-bond donors (Lipinski definition) is 3. The Morgan fingerprint density at radius 1 is 1.31 bits per heavy atom. The minimum atomic E-state index is -2.36. The van der Waals surface area contributed by atoms with Crippen LogP contribution in [-0.4, -0.2) is 43.1 Å². The third-order valence-corrected chi connectivity index (χ3v) is 4.60. The number of aliphatic hydroxyl groups excluding tert-OH is 1. The fourth-order valence-corrected chi connectivity index (χ4v) is 3.09. The van der Waals surface area contributed by atoms with Crippen molar-refractivity contribution in [2.24, 2.45) is 0 Å². The van der Waals surface area contributed by atoms with Crippen molar-refractivity contribution >= 4 is 0 Å². The van der Waals surface area contributed by atoms with Gasteiger partial charge in [0.05, 0.1) is 36.4 Å². The summed E-state index contributed by atoms with van der Waals surface area (Å²) in [5, 5.41) is 44.2. The number of rotatable bonds is 3. The first-order valence-corrected chi connectivity index (χ1v) is 8.08. The maximum atomic E-state index is 11.9. The molecule has 0 bridgehead atoms. The van der Waals surface area contributed by atoms with E-state index in [4.69, 9.17) is 9.84 Å². The third kappa shape index (κ3) is 2.76. The number of aromatic nitrogens is 2. The minimum absolute atomic E-state index is 0.0196. The van der Waals surface area contributed by atoms with Gasteiger partial charge < -0.3 is 20.1 Å². The molecule has 1 aromatic carbocycles. The van der Waals surface area contributed by atoms with Gasteiger partial charge in [0.25, 0.3) is 5.56 Å². The normalized spacial score (nSPS) is 19.9. The minimum Gasteiger partial charge on any atom is -0.482 e. The molecule has 3 rings (SSSR count). The van der Waals surface area contributed by atoms with E-state index in [-0.39, 0.29) is 18.8 Å². The molecule has 0 saturated heterocycles. The summed E-state index contributed by atoms with van der Waals surface area (Å²) in [5.74, 6) is -3.01. The molecule has 1 aliphatic heterocycles. The Morgan fingerprint density at radius 2 is 2.04 bits per heavy atom. The Kier molecular flexibility index (Phi) is 4.32. The summed E-state index contributed by atoms with van der Waals surface area (Å²) in [5.41, 5.74) is -0.859. The van der Waals surface area contributed by atoms with Gasteiger partial charge in [0.2, 0.25) is 5.79 Å². The van der Waals surface area contributed by atoms with Crippen molar-refractivity contribution in [2.75, 3.05) is 6.61 Å². The fourth-order valence-electron chi connectivity index (χ4n) is 3.09. The lowest BCUT2D eigenvalue weighted by atomic mass is 9.76. The molecule has 0 radical (unpaired) electrons. The van der Waals surface area contributed by atoms with Gasteiger partial charge in [0.15, 0.2) is 5.60 Å². The van der Waals surface area contributed by atoms with E-state index in [1.807, 2.05) is 6.07 Å². The summed E-state index contributed by atoms with van der Waals surface area (Å²) in [6.07, 6.45) is 0. The molecule has 1 atom stereocenters. The molecular weight excluding hydrogens is 338 g/mol. The second-order valence-corrected chi connectivity index (χ2v) is 6.68. The highest BCUT2D eigenvalue weighted by Crippen LogP contribution is 2.48. The Balaban J connectivity index is 2.26. The van der Waals surface area contributed by atoms with Crippen LogP contribution in [0.2, 0.25) is 0 Å².